The van der Waals surface area contributed by atoms with Gasteiger partial charge >= 0.3 is 6.18 Å². The van der Waals surface area contributed by atoms with Gasteiger partial charge in [0, 0.05) is 17.0 Å². The van der Waals surface area contributed by atoms with Gasteiger partial charge in [-0.3, -0.25) is 14.5 Å². The molecular formula is C26H23ClF3N5OS. The number of carbonyl (C=O) groups is 1. The van der Waals surface area contributed by atoms with Crippen molar-refractivity contribution >= 4 is 51.4 Å². The molecule has 37 heavy (non-hydrogen) atoms. The number of aromatic nitrogens is 2. The zero-order valence-corrected chi connectivity index (χ0v) is 21.2. The van der Waals surface area contributed by atoms with Crippen LogP contribution in [0.5, 0.6) is 0 Å². The van der Waals surface area contributed by atoms with Gasteiger partial charge in [-0.15, -0.1) is 0 Å². The van der Waals surface area contributed by atoms with E-state index in [1.807, 2.05) is 12.1 Å². The predicted octanol–water partition coefficient (Wildman–Crippen LogP) is 5.41. The molecule has 6 nitrogen and oxygen atoms in total. The lowest BCUT2D eigenvalue weighted by atomic mass is 9.84. The van der Waals surface area contributed by atoms with Crippen molar-refractivity contribution in [1.82, 2.24) is 20.0 Å². The van der Waals surface area contributed by atoms with Crippen molar-refractivity contribution in [2.45, 2.75) is 31.6 Å². The first-order chi connectivity index (χ1) is 17.7. The Bertz CT molecular complexity index is 1440. The van der Waals surface area contributed by atoms with E-state index >= 15 is 0 Å². The van der Waals surface area contributed by atoms with Crippen LogP contribution in [0.3, 0.4) is 0 Å². The number of rotatable bonds is 4. The Morgan fingerprint density at radius 1 is 1.19 bits per heavy atom. The Labute approximate surface area is 220 Å². The van der Waals surface area contributed by atoms with Crippen molar-refractivity contribution in [3.8, 4) is 0 Å². The highest BCUT2D eigenvalue weighted by Gasteiger charge is 2.36. The largest absolute Gasteiger partial charge is 0.416 e. The molecule has 1 N–H and O–H groups in total. The van der Waals surface area contributed by atoms with Gasteiger partial charge in [-0.1, -0.05) is 23.7 Å². The van der Waals surface area contributed by atoms with Crippen molar-refractivity contribution < 1.29 is 18.0 Å². The summed E-state index contributed by atoms with van der Waals surface area (Å²) in [5.74, 6) is 0.408. The van der Waals surface area contributed by atoms with E-state index < -0.39 is 11.7 Å². The first-order valence-electron chi connectivity index (χ1n) is 12.1. The Hall–Kier alpha value is -2.82. The number of hydrogen-bond donors (Lipinski definition) is 1. The lowest BCUT2D eigenvalue weighted by Gasteiger charge is -2.43. The Morgan fingerprint density at radius 2 is 2.00 bits per heavy atom. The maximum Gasteiger partial charge on any atom is 0.416 e. The predicted molar refractivity (Wildman–Crippen MR) is 139 cm³/mol. The van der Waals surface area contributed by atoms with Crippen molar-refractivity contribution in [2.75, 3.05) is 19.6 Å². The van der Waals surface area contributed by atoms with E-state index in [9.17, 15) is 18.0 Å². The third-order valence-corrected chi connectivity index (χ3v) is 8.38. The number of hydrogen-bond acceptors (Lipinski definition) is 5. The summed E-state index contributed by atoms with van der Waals surface area (Å²) in [6.45, 7) is 3.18. The lowest BCUT2D eigenvalue weighted by molar-refractivity contribution is -0.138. The Kier molecular flexibility index (Phi) is 6.29. The molecule has 11 heteroatoms. The molecule has 4 fully saturated rings. The van der Waals surface area contributed by atoms with Crippen molar-refractivity contribution in [3.05, 3.63) is 69.2 Å². The van der Waals surface area contributed by atoms with Crippen LogP contribution in [0.15, 0.2) is 52.5 Å². The van der Waals surface area contributed by atoms with Crippen LogP contribution in [0.2, 0.25) is 5.02 Å². The quantitative estimate of drug-likeness (QED) is 0.445. The van der Waals surface area contributed by atoms with E-state index in [-0.39, 0.29) is 29.1 Å². The number of fused-ring (bicyclic) bond motifs is 4. The van der Waals surface area contributed by atoms with Crippen molar-refractivity contribution in [3.63, 3.8) is 0 Å². The minimum atomic E-state index is -4.52. The molecule has 4 aliphatic rings. The van der Waals surface area contributed by atoms with Gasteiger partial charge in [-0.25, -0.2) is 0 Å². The maximum atomic E-state index is 13.5. The summed E-state index contributed by atoms with van der Waals surface area (Å²) < 4.78 is 42.1. The molecule has 4 saturated heterocycles. The summed E-state index contributed by atoms with van der Waals surface area (Å²) in [6, 6.07) is 9.49. The van der Waals surface area contributed by atoms with Crippen LogP contribution >= 0.6 is 23.4 Å². The van der Waals surface area contributed by atoms with Gasteiger partial charge in [0.25, 0.3) is 5.91 Å². The number of amidine groups is 1. The molecule has 2 bridgehead atoms. The SMILES string of the molecule is O=C1NC(=NC2CN3CCC2CC3)SC1=Cc1ccc2c(cnn2Cc2ccc(Cl)cc2C(F)(F)F)c1. The number of carbonyl (C=O) groups excluding carboxylic acids is 1. The van der Waals surface area contributed by atoms with Gasteiger partial charge in [0.2, 0.25) is 0 Å². The average Bonchev–Trinajstić information content (AvgIpc) is 3.42. The standard InChI is InChI=1S/C26H23ClF3N5OS/c27-19-3-2-17(20(11-19)26(28,29)30)13-35-22-4-1-15(9-18(22)12-31-35)10-23-24(36)33-25(37-23)32-21-14-34-7-5-16(21)6-8-34/h1-4,9-12,16,21H,5-8,13-14H2,(H,32,33,36). The minimum absolute atomic E-state index is 0.0323. The van der Waals surface area contributed by atoms with E-state index in [1.54, 1.807) is 18.3 Å². The lowest BCUT2D eigenvalue weighted by Crippen LogP contribution is -2.50. The fourth-order valence-electron chi connectivity index (χ4n) is 5.30. The van der Waals surface area contributed by atoms with Crippen molar-refractivity contribution in [2.24, 2.45) is 10.9 Å². The number of benzene rings is 2. The normalized spacial score (nSPS) is 25.9. The van der Waals surface area contributed by atoms with Gasteiger partial charge in [-0.05, 0) is 85.1 Å². The number of piperidine rings is 3. The van der Waals surface area contributed by atoms with Gasteiger partial charge < -0.3 is 10.2 Å². The van der Waals surface area contributed by atoms with Crippen LogP contribution in [-0.4, -0.2) is 51.4 Å². The van der Waals surface area contributed by atoms with Crippen LogP contribution in [-0.2, 0) is 17.5 Å². The van der Waals surface area contributed by atoms with E-state index in [4.69, 9.17) is 16.6 Å². The third-order valence-electron chi connectivity index (χ3n) is 7.22. The van der Waals surface area contributed by atoms with Crippen LogP contribution in [0.1, 0.15) is 29.5 Å². The molecule has 4 aliphatic heterocycles. The summed E-state index contributed by atoms with van der Waals surface area (Å²) in [6.07, 6.45) is 1.22. The molecule has 1 amide bonds. The zero-order chi connectivity index (χ0) is 25.7. The summed E-state index contributed by atoms with van der Waals surface area (Å²) >= 11 is 7.15. The van der Waals surface area contributed by atoms with Crippen molar-refractivity contribution in [1.29, 1.82) is 0 Å². The summed E-state index contributed by atoms with van der Waals surface area (Å²) in [7, 11) is 0. The van der Waals surface area contributed by atoms with Crippen LogP contribution in [0.25, 0.3) is 17.0 Å². The van der Waals surface area contributed by atoms with E-state index in [1.165, 1.54) is 28.6 Å². The number of nitrogens with zero attached hydrogens (tertiary/aromatic N) is 4. The van der Waals surface area contributed by atoms with E-state index in [0.29, 0.717) is 21.5 Å². The number of alkyl halides is 3. The molecule has 7 rings (SSSR count). The van der Waals surface area contributed by atoms with E-state index in [0.717, 1.165) is 49.5 Å². The molecule has 3 aromatic rings. The van der Waals surface area contributed by atoms with Gasteiger partial charge in [0.05, 0.1) is 34.8 Å². The average molecular weight is 546 g/mol. The summed E-state index contributed by atoms with van der Waals surface area (Å²) in [5, 5.41) is 8.64. The fraction of sp³-hybridized carbons (Fsp3) is 0.346. The molecule has 5 heterocycles. The topological polar surface area (TPSA) is 62.5 Å². The smallest absolute Gasteiger partial charge is 0.301 e. The highest BCUT2D eigenvalue weighted by Crippen LogP contribution is 2.35. The second-order valence-electron chi connectivity index (χ2n) is 9.62. The first kappa shape index (κ1) is 24.5. The molecule has 0 aliphatic carbocycles. The van der Waals surface area contributed by atoms with Crippen LogP contribution in [0.4, 0.5) is 13.2 Å². The summed E-state index contributed by atoms with van der Waals surface area (Å²) in [4.78, 5) is 20.4. The molecule has 1 unspecified atom stereocenters. The molecular weight excluding hydrogens is 523 g/mol. The highest BCUT2D eigenvalue weighted by atomic mass is 35.5. The zero-order valence-electron chi connectivity index (χ0n) is 19.6. The molecule has 1 aromatic heterocycles. The fourth-order valence-corrected chi connectivity index (χ4v) is 6.35. The molecule has 0 saturated carbocycles. The van der Waals surface area contributed by atoms with Gasteiger partial charge in [-0.2, -0.15) is 18.3 Å². The first-order valence-corrected chi connectivity index (χ1v) is 13.2. The monoisotopic (exact) mass is 545 g/mol. The molecule has 192 valence electrons. The number of amides is 1. The number of halogens is 4. The third kappa shape index (κ3) is 5.02. The Balaban J connectivity index is 1.21. The number of aliphatic imine (C=N–C) groups is 1. The summed E-state index contributed by atoms with van der Waals surface area (Å²) in [5.41, 5.74) is 0.807. The second kappa shape index (κ2) is 9.49. The van der Waals surface area contributed by atoms with Gasteiger partial charge in [0.1, 0.15) is 0 Å². The Morgan fingerprint density at radius 3 is 2.73 bits per heavy atom. The molecule has 0 radical (unpaired) electrons. The molecule has 1 atom stereocenters. The molecule has 0 spiro atoms. The second-order valence-corrected chi connectivity index (χ2v) is 11.1. The van der Waals surface area contributed by atoms with Crippen LogP contribution < -0.4 is 5.32 Å². The highest BCUT2D eigenvalue weighted by molar-refractivity contribution is 8.18. The maximum absolute atomic E-state index is 13.5. The molecule has 2 aromatic carbocycles. The number of thioether (sulfide) groups is 1. The minimum Gasteiger partial charge on any atom is -0.301 e. The van der Waals surface area contributed by atoms with Crippen LogP contribution in [0, 0.1) is 5.92 Å². The number of nitrogens with one attached hydrogen (secondary N) is 1. The van der Waals surface area contributed by atoms with Gasteiger partial charge in [0.15, 0.2) is 5.17 Å². The van der Waals surface area contributed by atoms with E-state index in [2.05, 4.69) is 15.3 Å².